The van der Waals surface area contributed by atoms with Gasteiger partial charge < -0.3 is 21.5 Å². The summed E-state index contributed by atoms with van der Waals surface area (Å²) in [5, 5.41) is 10.7. The van der Waals surface area contributed by atoms with Gasteiger partial charge in [-0.3, -0.25) is 4.79 Å². The average Bonchev–Trinajstić information content (AvgIpc) is 2.49. The Kier molecular flexibility index (Phi) is 5.89. The van der Waals surface area contributed by atoms with E-state index in [1.54, 1.807) is 12.1 Å². The standard InChI is InChI=1S/C14H23N5O2/c15-10-2-4-11(5-3-10)21-9-1-8-17-13-7-6-12(14(16)20)18-19-13/h6-7,10-11H,1-5,8-9,15H2,(H2,16,20)(H,17,19). The van der Waals surface area contributed by atoms with Gasteiger partial charge in [-0.15, -0.1) is 10.2 Å². The molecule has 0 spiro atoms. The molecule has 5 N–H and O–H groups in total. The van der Waals surface area contributed by atoms with Crippen molar-refractivity contribution in [1.82, 2.24) is 10.2 Å². The Hall–Kier alpha value is -1.73. The molecule has 21 heavy (non-hydrogen) atoms. The van der Waals surface area contributed by atoms with E-state index < -0.39 is 5.91 Å². The molecule has 1 aromatic rings. The monoisotopic (exact) mass is 293 g/mol. The molecule has 7 heteroatoms. The number of hydrogen-bond acceptors (Lipinski definition) is 6. The van der Waals surface area contributed by atoms with Crippen LogP contribution in [0, 0.1) is 0 Å². The minimum absolute atomic E-state index is 0.166. The van der Waals surface area contributed by atoms with Gasteiger partial charge in [0.15, 0.2) is 5.69 Å². The van der Waals surface area contributed by atoms with Crippen molar-refractivity contribution in [2.45, 2.75) is 44.2 Å². The van der Waals surface area contributed by atoms with Gasteiger partial charge in [0.05, 0.1) is 6.10 Å². The summed E-state index contributed by atoms with van der Waals surface area (Å²) in [6.45, 7) is 1.47. The first-order valence-corrected chi connectivity index (χ1v) is 7.39. The molecule has 1 saturated carbocycles. The molecule has 2 rings (SSSR count). The first kappa shape index (κ1) is 15.7. The van der Waals surface area contributed by atoms with Crippen LogP contribution in [-0.4, -0.2) is 41.4 Å². The molecule has 0 saturated heterocycles. The fourth-order valence-corrected chi connectivity index (χ4v) is 2.35. The third-order valence-corrected chi connectivity index (χ3v) is 3.62. The van der Waals surface area contributed by atoms with Crippen molar-refractivity contribution < 1.29 is 9.53 Å². The van der Waals surface area contributed by atoms with Crippen molar-refractivity contribution in [2.75, 3.05) is 18.5 Å². The highest BCUT2D eigenvalue weighted by molar-refractivity contribution is 5.90. The van der Waals surface area contributed by atoms with Crippen LogP contribution in [0.4, 0.5) is 5.82 Å². The molecule has 0 aliphatic heterocycles. The van der Waals surface area contributed by atoms with E-state index in [0.29, 0.717) is 18.0 Å². The van der Waals surface area contributed by atoms with Crippen molar-refractivity contribution in [3.63, 3.8) is 0 Å². The predicted octanol–water partition coefficient (Wildman–Crippen LogP) is 0.664. The SMILES string of the molecule is NC(=O)c1ccc(NCCCOC2CCC(N)CC2)nn1. The molecule has 1 aliphatic carbocycles. The van der Waals surface area contributed by atoms with Crippen LogP contribution in [0.25, 0.3) is 0 Å². The number of nitrogens with one attached hydrogen (secondary N) is 1. The van der Waals surface area contributed by atoms with Crippen LogP contribution in [0.1, 0.15) is 42.6 Å². The van der Waals surface area contributed by atoms with Crippen LogP contribution in [0.3, 0.4) is 0 Å². The van der Waals surface area contributed by atoms with Crippen LogP contribution in [0.5, 0.6) is 0 Å². The van der Waals surface area contributed by atoms with Gasteiger partial charge in [-0.25, -0.2) is 0 Å². The maximum atomic E-state index is 10.9. The van der Waals surface area contributed by atoms with E-state index in [-0.39, 0.29) is 5.69 Å². The van der Waals surface area contributed by atoms with Crippen molar-refractivity contribution in [3.05, 3.63) is 17.8 Å². The molecule has 0 radical (unpaired) electrons. The minimum Gasteiger partial charge on any atom is -0.378 e. The van der Waals surface area contributed by atoms with Crippen LogP contribution >= 0.6 is 0 Å². The summed E-state index contributed by atoms with van der Waals surface area (Å²) in [6, 6.07) is 3.60. The van der Waals surface area contributed by atoms with Crippen molar-refractivity contribution in [2.24, 2.45) is 11.5 Å². The predicted molar refractivity (Wildman–Crippen MR) is 79.8 cm³/mol. The molecule has 7 nitrogen and oxygen atoms in total. The molecule has 0 atom stereocenters. The molecule has 116 valence electrons. The molecular weight excluding hydrogens is 270 g/mol. The lowest BCUT2D eigenvalue weighted by atomic mass is 9.94. The number of rotatable bonds is 7. The molecule has 0 bridgehead atoms. The Labute approximate surface area is 124 Å². The Bertz CT molecular complexity index is 443. The number of anilines is 1. The zero-order valence-electron chi connectivity index (χ0n) is 12.1. The van der Waals surface area contributed by atoms with Crippen molar-refractivity contribution in [3.8, 4) is 0 Å². The first-order chi connectivity index (χ1) is 10.1. The Morgan fingerprint density at radius 1 is 1.29 bits per heavy atom. The Morgan fingerprint density at radius 2 is 2.05 bits per heavy atom. The van der Waals surface area contributed by atoms with E-state index in [4.69, 9.17) is 16.2 Å². The normalized spacial score (nSPS) is 22.0. The maximum absolute atomic E-state index is 10.9. The van der Waals surface area contributed by atoms with Gasteiger partial charge in [0.2, 0.25) is 0 Å². The summed E-state index contributed by atoms with van der Waals surface area (Å²) in [6.07, 6.45) is 5.50. The fraction of sp³-hybridized carbons (Fsp3) is 0.643. The summed E-state index contributed by atoms with van der Waals surface area (Å²) in [5.41, 5.74) is 11.1. The lowest BCUT2D eigenvalue weighted by Gasteiger charge is -2.26. The van der Waals surface area contributed by atoms with Crippen LogP contribution in [0.2, 0.25) is 0 Å². The smallest absolute Gasteiger partial charge is 0.269 e. The van der Waals surface area contributed by atoms with Gasteiger partial charge in [0, 0.05) is 19.2 Å². The van der Waals surface area contributed by atoms with Crippen molar-refractivity contribution in [1.29, 1.82) is 0 Å². The third-order valence-electron chi connectivity index (χ3n) is 3.62. The molecule has 1 aromatic heterocycles. The summed E-state index contributed by atoms with van der Waals surface area (Å²) in [4.78, 5) is 10.9. The van der Waals surface area contributed by atoms with E-state index in [2.05, 4.69) is 15.5 Å². The quantitative estimate of drug-likeness (QED) is 0.636. The lowest BCUT2D eigenvalue weighted by molar-refractivity contribution is 0.0251. The number of carbonyl (C=O) groups excluding carboxylic acids is 1. The van der Waals surface area contributed by atoms with Gasteiger partial charge >= 0.3 is 0 Å². The zero-order valence-corrected chi connectivity index (χ0v) is 12.1. The molecule has 1 fully saturated rings. The largest absolute Gasteiger partial charge is 0.378 e. The Balaban J connectivity index is 1.58. The molecule has 1 aliphatic rings. The summed E-state index contributed by atoms with van der Waals surface area (Å²) in [7, 11) is 0. The highest BCUT2D eigenvalue weighted by atomic mass is 16.5. The maximum Gasteiger partial charge on any atom is 0.269 e. The van der Waals surface area contributed by atoms with E-state index >= 15 is 0 Å². The first-order valence-electron chi connectivity index (χ1n) is 7.39. The second-order valence-corrected chi connectivity index (χ2v) is 5.36. The van der Waals surface area contributed by atoms with E-state index in [9.17, 15) is 4.79 Å². The van der Waals surface area contributed by atoms with Gasteiger partial charge in [-0.2, -0.15) is 0 Å². The van der Waals surface area contributed by atoms with Crippen molar-refractivity contribution >= 4 is 11.7 Å². The summed E-state index contributed by atoms with van der Waals surface area (Å²) in [5.74, 6) is 0.0540. The summed E-state index contributed by atoms with van der Waals surface area (Å²) < 4.78 is 5.83. The van der Waals surface area contributed by atoms with Gasteiger partial charge in [-0.05, 0) is 44.2 Å². The topological polar surface area (TPSA) is 116 Å². The van der Waals surface area contributed by atoms with Gasteiger partial charge in [-0.1, -0.05) is 0 Å². The number of hydrogen-bond donors (Lipinski definition) is 3. The number of carbonyl (C=O) groups is 1. The highest BCUT2D eigenvalue weighted by Gasteiger charge is 2.18. The van der Waals surface area contributed by atoms with Gasteiger partial charge in [0.1, 0.15) is 5.82 Å². The second kappa shape index (κ2) is 7.90. The molecule has 0 aromatic carbocycles. The number of aromatic nitrogens is 2. The van der Waals surface area contributed by atoms with E-state index in [1.165, 1.54) is 0 Å². The van der Waals surface area contributed by atoms with Crippen LogP contribution in [-0.2, 0) is 4.74 Å². The molecular formula is C14H23N5O2. The average molecular weight is 293 g/mol. The number of nitrogens with zero attached hydrogens (tertiary/aromatic N) is 2. The number of amides is 1. The highest BCUT2D eigenvalue weighted by Crippen LogP contribution is 2.19. The number of primary amides is 1. The fourth-order valence-electron chi connectivity index (χ4n) is 2.35. The minimum atomic E-state index is -0.574. The number of nitrogens with two attached hydrogens (primary N) is 2. The van der Waals surface area contributed by atoms with E-state index in [1.807, 2.05) is 0 Å². The lowest BCUT2D eigenvalue weighted by Crippen LogP contribution is -2.30. The molecule has 1 amide bonds. The van der Waals surface area contributed by atoms with Gasteiger partial charge in [0.25, 0.3) is 5.91 Å². The number of ether oxygens (including phenoxy) is 1. The van der Waals surface area contributed by atoms with Crippen LogP contribution < -0.4 is 16.8 Å². The molecule has 1 heterocycles. The zero-order chi connectivity index (χ0) is 15.1. The van der Waals surface area contributed by atoms with Crippen LogP contribution in [0.15, 0.2) is 12.1 Å². The second-order valence-electron chi connectivity index (χ2n) is 5.36. The Morgan fingerprint density at radius 3 is 2.67 bits per heavy atom. The third kappa shape index (κ3) is 5.28. The summed E-state index contributed by atoms with van der Waals surface area (Å²) >= 11 is 0. The molecule has 0 unspecified atom stereocenters. The van der Waals surface area contributed by atoms with E-state index in [0.717, 1.165) is 45.3 Å².